The Morgan fingerprint density at radius 3 is 2.16 bits per heavy atom. The molecule has 2 N–H and O–H groups in total. The van der Waals surface area contributed by atoms with Gasteiger partial charge in [0.25, 0.3) is 0 Å². The Hall–Kier alpha value is -3.60. The average Bonchev–Trinajstić information content (AvgIpc) is 3.34. The number of benzene rings is 2. The van der Waals surface area contributed by atoms with Gasteiger partial charge in [0, 0.05) is 5.56 Å². The van der Waals surface area contributed by atoms with Crippen LogP contribution in [0, 0.1) is 11.3 Å². The van der Waals surface area contributed by atoms with Gasteiger partial charge in [-0.3, -0.25) is 0 Å². The Morgan fingerprint density at radius 1 is 1.06 bits per heavy atom. The van der Waals surface area contributed by atoms with Crippen LogP contribution in [-0.4, -0.2) is 25.8 Å². The van der Waals surface area contributed by atoms with Crippen LogP contribution in [0.3, 0.4) is 0 Å². The van der Waals surface area contributed by atoms with Gasteiger partial charge >= 0.3 is 5.97 Å². The van der Waals surface area contributed by atoms with Crippen LogP contribution in [0.25, 0.3) is 11.1 Å². The first-order valence-electron chi connectivity index (χ1n) is 10.4. The lowest BCUT2D eigenvalue weighted by atomic mass is 9.82. The Balaban J connectivity index is 1.64. The average molecular weight is 432 g/mol. The molecule has 1 unspecified atom stereocenters. The number of ether oxygens (including phenoxy) is 4. The number of nitrogens with two attached hydrogens (primary N) is 1. The molecule has 0 aromatic heterocycles. The van der Waals surface area contributed by atoms with E-state index in [1.807, 2.05) is 48.5 Å². The predicted octanol–water partition coefficient (Wildman–Crippen LogP) is 4.04. The third-order valence-corrected chi connectivity index (χ3v) is 5.48. The summed E-state index contributed by atoms with van der Waals surface area (Å²) in [5, 5.41) is 9.69. The van der Waals surface area contributed by atoms with E-state index in [0.717, 1.165) is 22.3 Å². The molecule has 32 heavy (non-hydrogen) atoms. The fourth-order valence-corrected chi connectivity index (χ4v) is 3.94. The van der Waals surface area contributed by atoms with Crippen LogP contribution in [0.1, 0.15) is 37.2 Å². The number of carbonyl (C=O) groups is 1. The first kappa shape index (κ1) is 21.6. The minimum absolute atomic E-state index is 0.000866. The maximum absolute atomic E-state index is 12.6. The summed E-state index contributed by atoms with van der Waals surface area (Å²) in [7, 11) is 0. The molecule has 1 fully saturated rings. The molecule has 0 aliphatic carbocycles. The van der Waals surface area contributed by atoms with Crippen molar-refractivity contribution in [1.29, 1.82) is 5.26 Å². The van der Waals surface area contributed by atoms with Gasteiger partial charge in [0.05, 0.1) is 31.3 Å². The van der Waals surface area contributed by atoms with Crippen molar-refractivity contribution in [3.63, 3.8) is 0 Å². The van der Waals surface area contributed by atoms with Gasteiger partial charge in [0.1, 0.15) is 17.4 Å². The van der Waals surface area contributed by atoms with E-state index in [9.17, 15) is 10.1 Å². The number of nitrogens with zero attached hydrogens (tertiary/aromatic N) is 1. The number of hydrogen-bond acceptors (Lipinski definition) is 7. The molecule has 4 rings (SSSR count). The van der Waals surface area contributed by atoms with Crippen molar-refractivity contribution < 1.29 is 23.7 Å². The zero-order chi connectivity index (χ0) is 22.7. The van der Waals surface area contributed by atoms with Gasteiger partial charge in [-0.25, -0.2) is 4.79 Å². The van der Waals surface area contributed by atoms with Crippen molar-refractivity contribution in [2.24, 2.45) is 5.73 Å². The van der Waals surface area contributed by atoms with Crippen LogP contribution < -0.4 is 5.73 Å². The molecule has 0 amide bonds. The van der Waals surface area contributed by atoms with Crippen molar-refractivity contribution in [2.75, 3.05) is 19.8 Å². The summed E-state index contributed by atoms with van der Waals surface area (Å²) in [5.74, 6) is -0.841. The summed E-state index contributed by atoms with van der Waals surface area (Å²) in [4.78, 5) is 12.6. The minimum Gasteiger partial charge on any atom is -0.463 e. The molecule has 2 aromatic rings. The number of allylic oxidation sites excluding steroid dienone is 2. The highest BCUT2D eigenvalue weighted by molar-refractivity contribution is 5.92. The Morgan fingerprint density at radius 2 is 1.62 bits per heavy atom. The van der Waals surface area contributed by atoms with Crippen molar-refractivity contribution in [3.8, 4) is 17.2 Å². The fraction of sp³-hybridized carbons (Fsp3) is 0.280. The standard InChI is InChI=1S/C25H24N2O5/c1-3-29-24(28)21-15(2)32-23(27)20(14-26)22(21)18-8-4-16(5-9-18)17-6-10-19(11-7-17)25-30-12-13-31-25/h4-11,22,25H,3,12-13,27H2,1-2H3. The fourth-order valence-electron chi connectivity index (χ4n) is 3.94. The molecule has 164 valence electrons. The van der Waals surface area contributed by atoms with E-state index in [1.54, 1.807) is 13.8 Å². The normalized spacial score (nSPS) is 19.0. The van der Waals surface area contributed by atoms with Crippen LogP contribution >= 0.6 is 0 Å². The van der Waals surface area contributed by atoms with E-state index in [2.05, 4.69) is 6.07 Å². The molecule has 0 spiro atoms. The second-order valence-corrected chi connectivity index (χ2v) is 7.43. The lowest BCUT2D eigenvalue weighted by molar-refractivity contribution is -0.139. The Kier molecular flexibility index (Phi) is 6.26. The number of esters is 1. The monoisotopic (exact) mass is 432 g/mol. The van der Waals surface area contributed by atoms with Gasteiger partial charge in [-0.2, -0.15) is 5.26 Å². The number of hydrogen-bond donors (Lipinski definition) is 1. The van der Waals surface area contributed by atoms with E-state index < -0.39 is 11.9 Å². The number of nitriles is 1. The molecule has 0 bridgehead atoms. The lowest BCUT2D eigenvalue weighted by Gasteiger charge is -2.27. The SMILES string of the molecule is CCOC(=O)C1=C(C)OC(N)=C(C#N)C1c1ccc(-c2ccc(C3OCCO3)cc2)cc1. The smallest absolute Gasteiger partial charge is 0.338 e. The van der Waals surface area contributed by atoms with Crippen LogP contribution in [0.4, 0.5) is 0 Å². The van der Waals surface area contributed by atoms with Crippen LogP contribution in [0.15, 0.2) is 71.3 Å². The summed E-state index contributed by atoms with van der Waals surface area (Å²) in [5.41, 5.74) is 10.2. The summed E-state index contributed by atoms with van der Waals surface area (Å²) >= 11 is 0. The largest absolute Gasteiger partial charge is 0.463 e. The topological polar surface area (TPSA) is 104 Å². The van der Waals surface area contributed by atoms with E-state index in [-0.39, 0.29) is 29.9 Å². The van der Waals surface area contributed by atoms with Crippen LogP contribution in [-0.2, 0) is 23.7 Å². The highest BCUT2D eigenvalue weighted by Crippen LogP contribution is 2.40. The molecule has 1 atom stereocenters. The Labute approximate surface area is 186 Å². The van der Waals surface area contributed by atoms with Crippen molar-refractivity contribution in [1.82, 2.24) is 0 Å². The van der Waals surface area contributed by atoms with E-state index in [1.165, 1.54) is 0 Å². The highest BCUT2D eigenvalue weighted by Gasteiger charge is 2.36. The zero-order valence-electron chi connectivity index (χ0n) is 18.0. The molecule has 1 saturated heterocycles. The maximum atomic E-state index is 12.6. The molecule has 0 saturated carbocycles. The summed E-state index contributed by atoms with van der Waals surface area (Å²) in [6, 6.07) is 17.8. The molecule has 2 aliphatic rings. The molecular formula is C25H24N2O5. The first-order chi connectivity index (χ1) is 15.5. The predicted molar refractivity (Wildman–Crippen MR) is 117 cm³/mol. The van der Waals surface area contributed by atoms with Crippen molar-refractivity contribution in [3.05, 3.63) is 82.4 Å². The Bertz CT molecular complexity index is 1100. The van der Waals surface area contributed by atoms with Gasteiger partial charge in [0.2, 0.25) is 5.88 Å². The molecule has 2 aliphatic heterocycles. The second kappa shape index (κ2) is 9.27. The molecule has 7 heteroatoms. The summed E-state index contributed by atoms with van der Waals surface area (Å²) < 4.78 is 21.7. The van der Waals surface area contributed by atoms with Crippen LogP contribution in [0.2, 0.25) is 0 Å². The summed E-state index contributed by atoms with van der Waals surface area (Å²) in [6.07, 6.45) is -0.307. The molecule has 2 aromatic carbocycles. The lowest BCUT2D eigenvalue weighted by Crippen LogP contribution is -2.25. The maximum Gasteiger partial charge on any atom is 0.338 e. The van der Waals surface area contributed by atoms with Crippen molar-refractivity contribution in [2.45, 2.75) is 26.1 Å². The molecule has 2 heterocycles. The second-order valence-electron chi connectivity index (χ2n) is 7.43. The van der Waals surface area contributed by atoms with E-state index in [0.29, 0.717) is 19.0 Å². The zero-order valence-corrected chi connectivity index (χ0v) is 18.0. The minimum atomic E-state index is -0.652. The first-order valence-corrected chi connectivity index (χ1v) is 10.4. The molecular weight excluding hydrogens is 408 g/mol. The quantitative estimate of drug-likeness (QED) is 0.711. The molecule has 7 nitrogen and oxygen atoms in total. The van der Waals surface area contributed by atoms with E-state index >= 15 is 0 Å². The summed E-state index contributed by atoms with van der Waals surface area (Å²) in [6.45, 7) is 4.80. The van der Waals surface area contributed by atoms with E-state index in [4.69, 9.17) is 24.7 Å². The van der Waals surface area contributed by atoms with Crippen LogP contribution in [0.5, 0.6) is 0 Å². The van der Waals surface area contributed by atoms with Gasteiger partial charge in [-0.15, -0.1) is 0 Å². The molecule has 0 radical (unpaired) electrons. The van der Waals surface area contributed by atoms with Gasteiger partial charge in [0.15, 0.2) is 6.29 Å². The highest BCUT2D eigenvalue weighted by atomic mass is 16.7. The van der Waals surface area contributed by atoms with Crippen molar-refractivity contribution >= 4 is 5.97 Å². The van der Waals surface area contributed by atoms with Gasteiger partial charge in [-0.05, 0) is 30.5 Å². The number of carbonyl (C=O) groups excluding carboxylic acids is 1. The number of rotatable bonds is 5. The van der Waals surface area contributed by atoms with Gasteiger partial charge in [-0.1, -0.05) is 48.5 Å². The third kappa shape index (κ3) is 4.11. The third-order valence-electron chi connectivity index (χ3n) is 5.48. The van der Waals surface area contributed by atoms with Gasteiger partial charge < -0.3 is 24.7 Å².